The van der Waals surface area contributed by atoms with Crippen LogP contribution >= 0.6 is 23.6 Å². The van der Waals surface area contributed by atoms with Gasteiger partial charge in [0.2, 0.25) is 5.13 Å². The average molecular weight is 415 g/mol. The molecule has 1 aromatic heterocycles. The van der Waals surface area contributed by atoms with Gasteiger partial charge in [-0.2, -0.15) is 4.90 Å². The van der Waals surface area contributed by atoms with Crippen molar-refractivity contribution in [3.8, 4) is 0 Å². The first kappa shape index (κ1) is 19.9. The quantitative estimate of drug-likeness (QED) is 0.599. The van der Waals surface area contributed by atoms with Crippen LogP contribution in [0.1, 0.15) is 11.1 Å². The molecule has 0 fully saturated rings. The number of anilines is 1. The Labute approximate surface area is 170 Å². The van der Waals surface area contributed by atoms with Crippen molar-refractivity contribution in [1.82, 2.24) is 10.2 Å². The third kappa shape index (κ3) is 5.10. The summed E-state index contributed by atoms with van der Waals surface area (Å²) in [5.41, 5.74) is 7.76. The van der Waals surface area contributed by atoms with Gasteiger partial charge in [-0.1, -0.05) is 72.0 Å². The van der Waals surface area contributed by atoms with Crippen LogP contribution in [-0.2, 0) is 22.6 Å². The van der Waals surface area contributed by atoms with Crippen molar-refractivity contribution >= 4 is 40.7 Å². The molecule has 0 aliphatic carbocycles. The minimum Gasteiger partial charge on any atom is -0.444 e. The first-order valence-electron chi connectivity index (χ1n) is 8.44. The summed E-state index contributed by atoms with van der Waals surface area (Å²) in [6.45, 7) is 0.0210. The molecule has 0 saturated heterocycles. The van der Waals surface area contributed by atoms with Crippen molar-refractivity contribution < 1.29 is 14.3 Å². The van der Waals surface area contributed by atoms with Crippen LogP contribution in [-0.4, -0.2) is 28.2 Å². The Bertz CT molecular complexity index is 989. The summed E-state index contributed by atoms with van der Waals surface area (Å²) in [5.74, 6) is -0.611. The third-order valence-corrected chi connectivity index (χ3v) is 4.92. The molecule has 0 unspecified atom stereocenters. The number of nitrogens with one attached hydrogen (secondary N) is 1. The fourth-order valence-electron chi connectivity index (χ4n) is 2.49. The third-order valence-electron chi connectivity index (χ3n) is 3.84. The van der Waals surface area contributed by atoms with Gasteiger partial charge in [-0.25, -0.2) is 4.79 Å². The Morgan fingerprint density at radius 2 is 1.71 bits per heavy atom. The number of benzene rings is 2. The number of rotatable bonds is 6. The molecule has 7 nitrogen and oxygen atoms in total. The van der Waals surface area contributed by atoms with E-state index in [9.17, 15) is 9.59 Å². The van der Waals surface area contributed by atoms with Gasteiger partial charge < -0.3 is 10.5 Å². The molecule has 28 heavy (non-hydrogen) atoms. The molecule has 0 aliphatic rings. The van der Waals surface area contributed by atoms with Crippen LogP contribution in [0, 0.1) is 3.95 Å². The fourth-order valence-corrected chi connectivity index (χ4v) is 3.36. The monoisotopic (exact) mass is 414 g/mol. The molecule has 0 spiro atoms. The minimum absolute atomic E-state index is 0.0210. The first-order valence-corrected chi connectivity index (χ1v) is 9.66. The van der Waals surface area contributed by atoms with E-state index in [1.807, 2.05) is 60.7 Å². The van der Waals surface area contributed by atoms with Gasteiger partial charge in [-0.15, -0.1) is 5.10 Å². The van der Waals surface area contributed by atoms with Crippen LogP contribution in [0.3, 0.4) is 0 Å². The molecule has 0 saturated carbocycles. The number of hydrogen-bond acceptors (Lipinski definition) is 7. The number of aromatic amines is 1. The van der Waals surface area contributed by atoms with Crippen LogP contribution in [0.15, 0.2) is 60.7 Å². The zero-order valence-corrected chi connectivity index (χ0v) is 16.4. The predicted octanol–water partition coefficient (Wildman–Crippen LogP) is 3.44. The number of amides is 2. The summed E-state index contributed by atoms with van der Waals surface area (Å²) in [6.07, 6.45) is -0.576. The lowest BCUT2D eigenvalue weighted by atomic mass is 10.1. The van der Waals surface area contributed by atoms with E-state index < -0.39 is 18.0 Å². The molecule has 1 atom stereocenters. The number of H-pyrrole nitrogens is 1. The molecule has 3 N–H and O–H groups in total. The number of carbonyl (C=O) groups is 2. The van der Waals surface area contributed by atoms with E-state index in [2.05, 4.69) is 10.2 Å². The highest BCUT2D eigenvalue weighted by atomic mass is 32.1. The highest BCUT2D eigenvalue weighted by Gasteiger charge is 2.32. The second-order valence-corrected chi connectivity index (χ2v) is 7.55. The summed E-state index contributed by atoms with van der Waals surface area (Å²) < 4.78 is 5.64. The lowest BCUT2D eigenvalue weighted by molar-refractivity contribution is -0.119. The fraction of sp³-hybridized carbons (Fsp3) is 0.158. The zero-order chi connectivity index (χ0) is 19.9. The molecule has 1 heterocycles. The molecular weight excluding hydrogens is 396 g/mol. The molecule has 9 heteroatoms. The standard InChI is InChI=1S/C19H18N4O3S2/c20-15(11-13-7-3-1-4-8-13)16(24)23(17-21-22-18(27)28-17)19(25)26-12-14-9-5-2-6-10-14/h1-10,15H,11-12,20H2,(H,22,27)/t15-/m0/s1. The Hall–Kier alpha value is -2.88. The number of aromatic nitrogens is 2. The Morgan fingerprint density at radius 1 is 1.11 bits per heavy atom. The number of imide groups is 1. The normalized spacial score (nSPS) is 11.6. The van der Waals surface area contributed by atoms with E-state index in [1.54, 1.807) is 0 Å². The Balaban J connectivity index is 1.77. The van der Waals surface area contributed by atoms with Crippen LogP contribution in [0.5, 0.6) is 0 Å². The number of hydrogen-bond donors (Lipinski definition) is 2. The molecule has 2 aromatic carbocycles. The summed E-state index contributed by atoms with van der Waals surface area (Å²) in [6, 6.07) is 17.5. The highest BCUT2D eigenvalue weighted by Crippen LogP contribution is 2.20. The summed E-state index contributed by atoms with van der Waals surface area (Å²) in [4.78, 5) is 26.4. The van der Waals surface area contributed by atoms with Crippen molar-refractivity contribution in [2.45, 2.75) is 19.1 Å². The lowest BCUT2D eigenvalue weighted by Gasteiger charge is -2.21. The SMILES string of the molecule is N[C@@H](Cc1ccccc1)C(=O)N(C(=O)OCc1ccccc1)c1n[nH]c(=S)s1. The lowest BCUT2D eigenvalue weighted by Crippen LogP contribution is -2.48. The predicted molar refractivity (Wildman–Crippen MR) is 110 cm³/mol. The van der Waals surface area contributed by atoms with Gasteiger partial charge in [-0.05, 0) is 29.8 Å². The maximum absolute atomic E-state index is 12.9. The van der Waals surface area contributed by atoms with Gasteiger partial charge in [0.25, 0.3) is 5.91 Å². The maximum atomic E-state index is 12.9. The van der Waals surface area contributed by atoms with E-state index in [0.29, 0.717) is 3.95 Å². The van der Waals surface area contributed by atoms with E-state index in [-0.39, 0.29) is 18.2 Å². The van der Waals surface area contributed by atoms with Crippen molar-refractivity contribution in [2.75, 3.05) is 4.90 Å². The van der Waals surface area contributed by atoms with Gasteiger partial charge in [0.15, 0.2) is 3.95 Å². The maximum Gasteiger partial charge on any atom is 0.423 e. The van der Waals surface area contributed by atoms with E-state index in [0.717, 1.165) is 27.4 Å². The van der Waals surface area contributed by atoms with Gasteiger partial charge >= 0.3 is 6.09 Å². The summed E-state index contributed by atoms with van der Waals surface area (Å²) in [5, 5.41) is 6.60. The van der Waals surface area contributed by atoms with Crippen LogP contribution in [0.4, 0.5) is 9.93 Å². The van der Waals surface area contributed by atoms with Crippen molar-refractivity contribution in [3.63, 3.8) is 0 Å². The molecule has 0 bridgehead atoms. The number of carbonyl (C=O) groups excluding carboxylic acids is 2. The van der Waals surface area contributed by atoms with Crippen LogP contribution < -0.4 is 10.6 Å². The zero-order valence-electron chi connectivity index (χ0n) is 14.8. The van der Waals surface area contributed by atoms with Crippen LogP contribution in [0.2, 0.25) is 0 Å². The minimum atomic E-state index is -0.941. The van der Waals surface area contributed by atoms with Crippen LogP contribution in [0.25, 0.3) is 0 Å². The molecule has 3 rings (SSSR count). The summed E-state index contributed by atoms with van der Waals surface area (Å²) >= 11 is 6.01. The van der Waals surface area contributed by atoms with Crippen molar-refractivity contribution in [2.24, 2.45) is 5.73 Å². The first-order chi connectivity index (χ1) is 13.5. The van der Waals surface area contributed by atoms with E-state index >= 15 is 0 Å². The second-order valence-electron chi connectivity index (χ2n) is 5.91. The molecule has 144 valence electrons. The molecular formula is C19H18N4O3S2. The molecule has 3 aromatic rings. The van der Waals surface area contributed by atoms with Gasteiger partial charge in [0, 0.05) is 0 Å². The number of nitrogens with two attached hydrogens (primary N) is 1. The largest absolute Gasteiger partial charge is 0.444 e. The second kappa shape index (κ2) is 9.36. The molecule has 0 radical (unpaired) electrons. The Kier molecular flexibility index (Phi) is 6.64. The van der Waals surface area contributed by atoms with E-state index in [4.69, 9.17) is 22.7 Å². The smallest absolute Gasteiger partial charge is 0.423 e. The average Bonchev–Trinajstić information content (AvgIpc) is 3.13. The highest BCUT2D eigenvalue weighted by molar-refractivity contribution is 7.73. The summed E-state index contributed by atoms with van der Waals surface area (Å²) in [7, 11) is 0. The molecule has 0 aliphatic heterocycles. The van der Waals surface area contributed by atoms with Crippen molar-refractivity contribution in [3.05, 3.63) is 75.7 Å². The van der Waals surface area contributed by atoms with Gasteiger partial charge in [0.05, 0.1) is 6.04 Å². The molecule has 2 amide bonds. The van der Waals surface area contributed by atoms with E-state index in [1.165, 1.54) is 0 Å². The van der Waals surface area contributed by atoms with Gasteiger partial charge in [0.1, 0.15) is 6.61 Å². The number of ether oxygens (including phenoxy) is 1. The number of nitrogens with zero attached hydrogens (tertiary/aromatic N) is 2. The Morgan fingerprint density at radius 3 is 2.29 bits per heavy atom. The van der Waals surface area contributed by atoms with Crippen molar-refractivity contribution in [1.29, 1.82) is 0 Å². The van der Waals surface area contributed by atoms with Gasteiger partial charge in [-0.3, -0.25) is 9.89 Å². The topological polar surface area (TPSA) is 101 Å².